The second-order valence-corrected chi connectivity index (χ2v) is 6.37. The van der Waals surface area contributed by atoms with Crippen LogP contribution in [0.2, 0.25) is 0 Å². The largest absolute Gasteiger partial charge is 0.481 e. The summed E-state index contributed by atoms with van der Waals surface area (Å²) in [6.45, 7) is 3.43. The number of carboxylic acids is 1. The summed E-state index contributed by atoms with van der Waals surface area (Å²) in [4.78, 5) is 23.4. The van der Waals surface area contributed by atoms with Gasteiger partial charge >= 0.3 is 5.97 Å². The molecule has 0 aromatic heterocycles. The van der Waals surface area contributed by atoms with Crippen LogP contribution in [0.1, 0.15) is 51.9 Å². The van der Waals surface area contributed by atoms with Crippen LogP contribution in [0.4, 0.5) is 0 Å². The Balaban J connectivity index is 1.85. The Labute approximate surface area is 120 Å². The van der Waals surface area contributed by atoms with E-state index in [1.54, 1.807) is 0 Å². The Kier molecular flexibility index (Phi) is 5.02. The van der Waals surface area contributed by atoms with Crippen molar-refractivity contribution in [1.82, 2.24) is 5.32 Å². The monoisotopic (exact) mass is 283 g/mol. The zero-order chi connectivity index (χ0) is 14.6. The van der Waals surface area contributed by atoms with E-state index < -0.39 is 17.4 Å². The van der Waals surface area contributed by atoms with Crippen LogP contribution in [-0.2, 0) is 14.3 Å². The molecule has 3 unspecified atom stereocenters. The lowest BCUT2D eigenvalue weighted by molar-refractivity contribution is -0.146. The second kappa shape index (κ2) is 6.57. The molecule has 0 radical (unpaired) electrons. The number of carbonyl (C=O) groups is 2. The first kappa shape index (κ1) is 15.3. The molecule has 5 nitrogen and oxygen atoms in total. The molecule has 1 saturated carbocycles. The highest BCUT2D eigenvalue weighted by molar-refractivity contribution is 5.79. The average Bonchev–Trinajstić information content (AvgIpc) is 2.89. The van der Waals surface area contributed by atoms with Gasteiger partial charge in [-0.3, -0.25) is 9.59 Å². The van der Waals surface area contributed by atoms with Gasteiger partial charge in [-0.15, -0.1) is 0 Å². The molecule has 1 saturated heterocycles. The van der Waals surface area contributed by atoms with Crippen molar-refractivity contribution >= 4 is 11.9 Å². The minimum absolute atomic E-state index is 0.0208. The summed E-state index contributed by atoms with van der Waals surface area (Å²) in [5.74, 6) is -0.797. The number of hydrogen-bond acceptors (Lipinski definition) is 3. The normalized spacial score (nSPS) is 33.9. The molecule has 1 heterocycles. The third kappa shape index (κ3) is 3.72. The molecule has 2 fully saturated rings. The molecular formula is C15H25NO4. The first-order valence-corrected chi connectivity index (χ1v) is 7.63. The molecule has 2 rings (SSSR count). The van der Waals surface area contributed by atoms with Crippen LogP contribution in [-0.4, -0.2) is 35.7 Å². The van der Waals surface area contributed by atoms with Crippen molar-refractivity contribution in [2.24, 2.45) is 11.8 Å². The van der Waals surface area contributed by atoms with Gasteiger partial charge in [0.15, 0.2) is 0 Å². The maximum absolute atomic E-state index is 12.1. The van der Waals surface area contributed by atoms with Gasteiger partial charge in [0.2, 0.25) is 5.91 Å². The number of carbonyl (C=O) groups excluding carboxylic acids is 1. The van der Waals surface area contributed by atoms with Crippen molar-refractivity contribution in [2.45, 2.75) is 57.4 Å². The average molecular weight is 283 g/mol. The van der Waals surface area contributed by atoms with E-state index in [2.05, 4.69) is 5.32 Å². The molecule has 0 bridgehead atoms. The third-order valence-electron chi connectivity index (χ3n) is 4.73. The topological polar surface area (TPSA) is 75.6 Å². The van der Waals surface area contributed by atoms with Crippen LogP contribution >= 0.6 is 0 Å². The zero-order valence-corrected chi connectivity index (χ0v) is 12.2. The van der Waals surface area contributed by atoms with Gasteiger partial charge in [0.05, 0.1) is 11.5 Å². The highest BCUT2D eigenvalue weighted by atomic mass is 16.5. The number of amides is 1. The van der Waals surface area contributed by atoms with E-state index >= 15 is 0 Å². The fraction of sp³-hybridized carbons (Fsp3) is 0.867. The molecule has 1 amide bonds. The fourth-order valence-corrected chi connectivity index (χ4v) is 3.41. The van der Waals surface area contributed by atoms with Gasteiger partial charge in [0.25, 0.3) is 0 Å². The van der Waals surface area contributed by atoms with Crippen LogP contribution in [0, 0.1) is 11.8 Å². The van der Waals surface area contributed by atoms with Gasteiger partial charge in [0.1, 0.15) is 0 Å². The van der Waals surface area contributed by atoms with Crippen molar-refractivity contribution in [2.75, 3.05) is 13.2 Å². The zero-order valence-electron chi connectivity index (χ0n) is 12.2. The summed E-state index contributed by atoms with van der Waals surface area (Å²) in [7, 11) is 0. The van der Waals surface area contributed by atoms with Crippen molar-refractivity contribution in [3.8, 4) is 0 Å². The first-order valence-electron chi connectivity index (χ1n) is 7.63. The predicted octanol–water partition coefficient (Wildman–Crippen LogP) is 1.95. The third-order valence-corrected chi connectivity index (χ3v) is 4.73. The van der Waals surface area contributed by atoms with Crippen LogP contribution in [0.3, 0.4) is 0 Å². The maximum atomic E-state index is 12.1. The molecule has 1 aliphatic heterocycles. The van der Waals surface area contributed by atoms with E-state index in [9.17, 15) is 14.7 Å². The Bertz CT molecular complexity index is 365. The molecule has 3 atom stereocenters. The SMILES string of the molecule is CC1(NC(=O)CCC2CCOC2)CCCCC1C(=O)O. The number of rotatable bonds is 5. The maximum Gasteiger partial charge on any atom is 0.308 e. The summed E-state index contributed by atoms with van der Waals surface area (Å²) < 4.78 is 5.30. The number of hydrogen-bond donors (Lipinski definition) is 2. The molecule has 114 valence electrons. The summed E-state index contributed by atoms with van der Waals surface area (Å²) in [5, 5.41) is 12.3. The van der Waals surface area contributed by atoms with E-state index in [1.807, 2.05) is 6.92 Å². The Morgan fingerprint density at radius 2 is 2.15 bits per heavy atom. The quantitative estimate of drug-likeness (QED) is 0.808. The molecule has 20 heavy (non-hydrogen) atoms. The molecule has 0 aromatic rings. The van der Waals surface area contributed by atoms with Gasteiger partial charge in [-0.2, -0.15) is 0 Å². The molecule has 5 heteroatoms. The first-order chi connectivity index (χ1) is 9.51. The van der Waals surface area contributed by atoms with Gasteiger partial charge in [-0.1, -0.05) is 12.8 Å². The molecular weight excluding hydrogens is 258 g/mol. The van der Waals surface area contributed by atoms with Crippen LogP contribution < -0.4 is 5.32 Å². The standard InChI is InChI=1S/C15H25NO4/c1-15(8-3-2-4-12(15)14(18)19)16-13(17)6-5-11-7-9-20-10-11/h11-12H,2-10H2,1H3,(H,16,17)(H,18,19). The van der Waals surface area contributed by atoms with Crippen molar-refractivity contribution < 1.29 is 19.4 Å². The lowest BCUT2D eigenvalue weighted by atomic mass is 9.74. The van der Waals surface area contributed by atoms with E-state index in [0.29, 0.717) is 18.8 Å². The van der Waals surface area contributed by atoms with Gasteiger partial charge in [-0.25, -0.2) is 0 Å². The van der Waals surface area contributed by atoms with Crippen molar-refractivity contribution in [3.63, 3.8) is 0 Å². The van der Waals surface area contributed by atoms with Crippen molar-refractivity contribution in [3.05, 3.63) is 0 Å². The van der Waals surface area contributed by atoms with E-state index in [-0.39, 0.29) is 5.91 Å². The van der Waals surface area contributed by atoms with Crippen LogP contribution in [0.5, 0.6) is 0 Å². The summed E-state index contributed by atoms with van der Waals surface area (Å²) in [6, 6.07) is 0. The second-order valence-electron chi connectivity index (χ2n) is 6.37. The van der Waals surface area contributed by atoms with Crippen LogP contribution in [0.15, 0.2) is 0 Å². The van der Waals surface area contributed by atoms with Gasteiger partial charge in [-0.05, 0) is 38.5 Å². The Morgan fingerprint density at radius 3 is 2.80 bits per heavy atom. The van der Waals surface area contributed by atoms with E-state index in [1.165, 1.54) is 0 Å². The fourth-order valence-electron chi connectivity index (χ4n) is 3.41. The smallest absolute Gasteiger partial charge is 0.308 e. The van der Waals surface area contributed by atoms with Gasteiger partial charge in [0, 0.05) is 19.6 Å². The minimum atomic E-state index is -0.795. The number of aliphatic carboxylic acids is 1. The predicted molar refractivity (Wildman–Crippen MR) is 74.3 cm³/mol. The summed E-state index contributed by atoms with van der Waals surface area (Å²) >= 11 is 0. The lowest BCUT2D eigenvalue weighted by Gasteiger charge is -2.39. The van der Waals surface area contributed by atoms with E-state index in [4.69, 9.17) is 4.74 Å². The molecule has 1 aliphatic carbocycles. The Hall–Kier alpha value is -1.10. The Morgan fingerprint density at radius 1 is 1.35 bits per heavy atom. The number of carboxylic acid groups (broad SMARTS) is 1. The van der Waals surface area contributed by atoms with Crippen molar-refractivity contribution in [1.29, 1.82) is 0 Å². The highest BCUT2D eigenvalue weighted by Gasteiger charge is 2.42. The minimum Gasteiger partial charge on any atom is -0.481 e. The highest BCUT2D eigenvalue weighted by Crippen LogP contribution is 2.34. The molecule has 2 N–H and O–H groups in total. The lowest BCUT2D eigenvalue weighted by Crippen LogP contribution is -2.55. The molecule has 0 aromatic carbocycles. The van der Waals surface area contributed by atoms with Gasteiger partial charge < -0.3 is 15.2 Å². The van der Waals surface area contributed by atoms with E-state index in [0.717, 1.165) is 45.3 Å². The number of nitrogens with one attached hydrogen (secondary N) is 1. The molecule has 0 spiro atoms. The summed E-state index contributed by atoms with van der Waals surface area (Å²) in [5.41, 5.74) is -0.590. The summed E-state index contributed by atoms with van der Waals surface area (Å²) in [6.07, 6.45) is 5.65. The number of ether oxygens (including phenoxy) is 1. The molecule has 2 aliphatic rings. The van der Waals surface area contributed by atoms with Crippen LogP contribution in [0.25, 0.3) is 0 Å².